The minimum absolute atomic E-state index is 0.376. The van der Waals surface area contributed by atoms with Crippen LogP contribution >= 0.6 is 11.6 Å². The first-order chi connectivity index (χ1) is 15.6. The number of amides is 1. The van der Waals surface area contributed by atoms with E-state index >= 15 is 0 Å². The number of carbonyl (C=O) groups is 1. The second-order valence-electron chi connectivity index (χ2n) is 6.68. The molecule has 0 heterocycles. The third kappa shape index (κ3) is 6.49. The van der Waals surface area contributed by atoms with E-state index in [-0.39, 0.29) is 5.91 Å². The van der Waals surface area contributed by atoms with Gasteiger partial charge in [0.05, 0.1) is 19.4 Å². The number of nitrogens with one attached hydrogen (secondary N) is 1. The maximum absolute atomic E-state index is 12.5. The molecule has 3 aromatic carbocycles. The van der Waals surface area contributed by atoms with Gasteiger partial charge in [0.1, 0.15) is 12.4 Å². The summed E-state index contributed by atoms with van der Waals surface area (Å²) in [4.78, 5) is 12.5. The Kier molecular flexibility index (Phi) is 8.52. The Morgan fingerprint density at radius 3 is 2.38 bits per heavy atom. The van der Waals surface area contributed by atoms with Gasteiger partial charge in [-0.25, -0.2) is 5.43 Å². The number of ether oxygens (including phenoxy) is 3. The van der Waals surface area contributed by atoms with E-state index in [0.717, 1.165) is 5.56 Å². The smallest absolute Gasteiger partial charge is 0.271 e. The monoisotopic (exact) mass is 452 g/mol. The van der Waals surface area contributed by atoms with Crippen LogP contribution in [-0.4, -0.2) is 25.3 Å². The molecule has 3 aromatic rings. The Bertz CT molecular complexity index is 1070. The van der Waals surface area contributed by atoms with Crippen LogP contribution in [0.4, 0.5) is 0 Å². The van der Waals surface area contributed by atoms with Crippen LogP contribution in [0.2, 0.25) is 5.02 Å². The summed E-state index contributed by atoms with van der Waals surface area (Å²) in [5.41, 5.74) is 4.62. The maximum Gasteiger partial charge on any atom is 0.271 e. The number of hydrogen-bond donors (Lipinski definition) is 1. The van der Waals surface area contributed by atoms with Crippen LogP contribution in [-0.2, 0) is 6.61 Å². The van der Waals surface area contributed by atoms with Crippen LogP contribution in [0.5, 0.6) is 17.2 Å². The molecule has 0 fully saturated rings. The van der Waals surface area contributed by atoms with Crippen molar-refractivity contribution in [3.8, 4) is 17.2 Å². The zero-order chi connectivity index (χ0) is 22.8. The van der Waals surface area contributed by atoms with Crippen molar-refractivity contribution in [3.63, 3.8) is 0 Å². The van der Waals surface area contributed by atoms with Crippen molar-refractivity contribution in [2.45, 2.75) is 20.5 Å². The van der Waals surface area contributed by atoms with E-state index in [1.165, 1.54) is 6.21 Å². The summed E-state index contributed by atoms with van der Waals surface area (Å²) >= 11 is 6.13. The highest BCUT2D eigenvalue weighted by atomic mass is 35.5. The molecule has 0 saturated heterocycles. The highest BCUT2D eigenvalue weighted by Crippen LogP contribution is 2.28. The molecule has 6 nitrogen and oxygen atoms in total. The largest absolute Gasteiger partial charge is 0.490 e. The van der Waals surface area contributed by atoms with Gasteiger partial charge in [-0.15, -0.1) is 0 Å². The van der Waals surface area contributed by atoms with E-state index in [1.807, 2.05) is 44.2 Å². The van der Waals surface area contributed by atoms with Crippen molar-refractivity contribution in [1.29, 1.82) is 0 Å². The molecule has 0 atom stereocenters. The average molecular weight is 453 g/mol. The first-order valence-corrected chi connectivity index (χ1v) is 10.7. The van der Waals surface area contributed by atoms with Crippen LogP contribution in [0.1, 0.15) is 35.3 Å². The summed E-state index contributed by atoms with van der Waals surface area (Å²) in [7, 11) is 0. The van der Waals surface area contributed by atoms with E-state index in [4.69, 9.17) is 25.8 Å². The predicted octanol–water partition coefficient (Wildman–Crippen LogP) is 5.48. The molecule has 0 aromatic heterocycles. The highest BCUT2D eigenvalue weighted by molar-refractivity contribution is 6.30. The molecule has 0 unspecified atom stereocenters. The van der Waals surface area contributed by atoms with Crippen molar-refractivity contribution in [3.05, 3.63) is 88.4 Å². The molecule has 3 rings (SSSR count). The molecule has 166 valence electrons. The first kappa shape index (κ1) is 23.2. The summed E-state index contributed by atoms with van der Waals surface area (Å²) in [5, 5.41) is 4.61. The fourth-order valence-electron chi connectivity index (χ4n) is 2.90. The lowest BCUT2D eigenvalue weighted by Gasteiger charge is -2.12. The number of benzene rings is 3. The molecule has 1 N–H and O–H groups in total. The van der Waals surface area contributed by atoms with Crippen molar-refractivity contribution in [2.24, 2.45) is 5.10 Å². The second kappa shape index (κ2) is 11.8. The van der Waals surface area contributed by atoms with Gasteiger partial charge in [0.25, 0.3) is 5.91 Å². The van der Waals surface area contributed by atoms with Gasteiger partial charge in [0.15, 0.2) is 11.5 Å². The summed E-state index contributed by atoms with van der Waals surface area (Å²) in [6.07, 6.45) is 1.50. The van der Waals surface area contributed by atoms with Gasteiger partial charge in [0, 0.05) is 16.1 Å². The molecule has 0 radical (unpaired) electrons. The van der Waals surface area contributed by atoms with Crippen LogP contribution in [0.25, 0.3) is 0 Å². The van der Waals surface area contributed by atoms with Crippen molar-refractivity contribution in [2.75, 3.05) is 13.2 Å². The van der Waals surface area contributed by atoms with E-state index < -0.39 is 0 Å². The average Bonchev–Trinajstić information content (AvgIpc) is 2.80. The Morgan fingerprint density at radius 1 is 0.906 bits per heavy atom. The van der Waals surface area contributed by atoms with Gasteiger partial charge < -0.3 is 14.2 Å². The zero-order valence-electron chi connectivity index (χ0n) is 18.0. The highest BCUT2D eigenvalue weighted by Gasteiger charge is 2.11. The fraction of sp³-hybridized carbons (Fsp3) is 0.200. The molecule has 0 aliphatic rings. The maximum atomic E-state index is 12.5. The van der Waals surface area contributed by atoms with E-state index in [0.29, 0.717) is 53.2 Å². The molecular formula is C25H25ClN2O4. The predicted molar refractivity (Wildman–Crippen MR) is 126 cm³/mol. The van der Waals surface area contributed by atoms with Crippen molar-refractivity contribution < 1.29 is 19.0 Å². The lowest BCUT2D eigenvalue weighted by atomic mass is 10.2. The molecule has 0 bridgehead atoms. The fourth-order valence-corrected chi connectivity index (χ4v) is 3.08. The molecule has 32 heavy (non-hydrogen) atoms. The number of hydrazone groups is 1. The minimum Gasteiger partial charge on any atom is -0.490 e. The van der Waals surface area contributed by atoms with Gasteiger partial charge in [0.2, 0.25) is 0 Å². The third-order valence-corrected chi connectivity index (χ3v) is 4.62. The first-order valence-electron chi connectivity index (χ1n) is 10.3. The molecule has 7 heteroatoms. The number of rotatable bonds is 10. The second-order valence-corrected chi connectivity index (χ2v) is 7.12. The topological polar surface area (TPSA) is 69.2 Å². The Morgan fingerprint density at radius 2 is 1.62 bits per heavy atom. The summed E-state index contributed by atoms with van der Waals surface area (Å²) < 4.78 is 17.0. The van der Waals surface area contributed by atoms with Crippen LogP contribution in [0, 0.1) is 0 Å². The van der Waals surface area contributed by atoms with Gasteiger partial charge in [-0.3, -0.25) is 4.79 Å². The Hall–Kier alpha value is -3.51. The van der Waals surface area contributed by atoms with Crippen molar-refractivity contribution in [1.82, 2.24) is 5.43 Å². The van der Waals surface area contributed by atoms with E-state index in [9.17, 15) is 4.79 Å². The summed E-state index contributed by atoms with van der Waals surface area (Å²) in [6.45, 7) is 5.13. The number of halogens is 1. The van der Waals surface area contributed by atoms with Gasteiger partial charge in [-0.05, 0) is 55.8 Å². The Labute approximate surface area is 192 Å². The number of nitrogens with zero attached hydrogens (tertiary/aromatic N) is 1. The zero-order valence-corrected chi connectivity index (χ0v) is 18.8. The Balaban J connectivity index is 1.69. The van der Waals surface area contributed by atoms with Gasteiger partial charge in [-0.1, -0.05) is 41.9 Å². The quantitative estimate of drug-likeness (QED) is 0.326. The van der Waals surface area contributed by atoms with Crippen LogP contribution < -0.4 is 19.6 Å². The van der Waals surface area contributed by atoms with E-state index in [1.54, 1.807) is 36.4 Å². The van der Waals surface area contributed by atoms with Gasteiger partial charge >= 0.3 is 0 Å². The third-order valence-electron chi connectivity index (χ3n) is 4.38. The molecule has 0 spiro atoms. The number of carbonyl (C=O) groups excluding carboxylic acids is 1. The van der Waals surface area contributed by atoms with E-state index in [2.05, 4.69) is 10.5 Å². The van der Waals surface area contributed by atoms with Gasteiger partial charge in [-0.2, -0.15) is 5.10 Å². The normalized spacial score (nSPS) is 10.7. The lowest BCUT2D eigenvalue weighted by Crippen LogP contribution is -2.18. The standard InChI is InChI=1S/C25H25ClN2O4/c1-3-30-23-12-10-19(15-24(23)31-4-2)25(29)28-27-16-20-14-21(26)11-13-22(20)32-17-18-8-6-5-7-9-18/h5-16H,3-4,17H2,1-2H3,(H,28,29)/b27-16+. The lowest BCUT2D eigenvalue weighted by molar-refractivity contribution is 0.0954. The molecular weight excluding hydrogens is 428 g/mol. The molecule has 1 amide bonds. The molecule has 0 saturated carbocycles. The van der Waals surface area contributed by atoms with Crippen molar-refractivity contribution >= 4 is 23.7 Å². The SMILES string of the molecule is CCOc1ccc(C(=O)N/N=C/c2cc(Cl)ccc2OCc2ccccc2)cc1OCC. The molecule has 0 aliphatic carbocycles. The van der Waals surface area contributed by atoms with Crippen LogP contribution in [0.3, 0.4) is 0 Å². The van der Waals surface area contributed by atoms with Crippen LogP contribution in [0.15, 0.2) is 71.8 Å². The number of hydrogen-bond acceptors (Lipinski definition) is 5. The molecule has 0 aliphatic heterocycles. The minimum atomic E-state index is -0.376. The summed E-state index contributed by atoms with van der Waals surface area (Å²) in [6, 6.07) is 20.1. The summed E-state index contributed by atoms with van der Waals surface area (Å²) in [5.74, 6) is 1.33.